The molecule has 35 heavy (non-hydrogen) atoms. The lowest BCUT2D eigenvalue weighted by atomic mass is 9.98. The van der Waals surface area contributed by atoms with Gasteiger partial charge in [0.1, 0.15) is 24.0 Å². The van der Waals surface area contributed by atoms with E-state index in [0.29, 0.717) is 37.7 Å². The molecule has 10 heteroatoms. The molecule has 2 unspecified atom stereocenters. The fourth-order valence-electron chi connectivity index (χ4n) is 4.60. The number of ether oxygens (including phenoxy) is 1. The van der Waals surface area contributed by atoms with Crippen LogP contribution in [0.4, 0.5) is 17.6 Å². The second-order valence-corrected chi connectivity index (χ2v) is 8.92. The van der Waals surface area contributed by atoms with Gasteiger partial charge in [-0.2, -0.15) is 13.2 Å². The van der Waals surface area contributed by atoms with E-state index in [2.05, 4.69) is 9.88 Å². The van der Waals surface area contributed by atoms with Gasteiger partial charge in [0.25, 0.3) is 0 Å². The summed E-state index contributed by atoms with van der Waals surface area (Å²) in [7, 11) is 0. The van der Waals surface area contributed by atoms with E-state index < -0.39 is 18.1 Å². The number of halogens is 4. The van der Waals surface area contributed by atoms with Crippen molar-refractivity contribution in [1.82, 2.24) is 19.4 Å². The molecule has 0 spiro atoms. The van der Waals surface area contributed by atoms with Crippen LogP contribution in [0.15, 0.2) is 54.7 Å². The average Bonchev–Trinajstić information content (AvgIpc) is 3.39. The Morgan fingerprint density at radius 2 is 1.80 bits per heavy atom. The molecular formula is C25H21F4N5O. The summed E-state index contributed by atoms with van der Waals surface area (Å²) >= 11 is 0. The standard InChI is InChI=1S/C25H21F4N5O/c26-16-4-2-15(3-5-16)18-10-20(23-24(30)35-23)31-19-9-14(1-6-17(18)19)11-33-7-8-34-12-21(25(27,28)29)32-22(34)13-33/h1-6,9-10,12,23-24H,7-8,11,13,30H2. The van der Waals surface area contributed by atoms with Gasteiger partial charge in [0, 0.05) is 31.2 Å². The topological polar surface area (TPSA) is 72.5 Å². The average molecular weight is 483 g/mol. The maximum Gasteiger partial charge on any atom is 0.434 e. The number of nitrogens with zero attached hydrogens (tertiary/aromatic N) is 4. The minimum absolute atomic E-state index is 0.286. The van der Waals surface area contributed by atoms with Crippen molar-refractivity contribution in [3.05, 3.63) is 83.3 Å². The highest BCUT2D eigenvalue weighted by Crippen LogP contribution is 2.38. The highest BCUT2D eigenvalue weighted by molar-refractivity contribution is 5.95. The Bertz CT molecular complexity index is 1420. The van der Waals surface area contributed by atoms with Gasteiger partial charge in [-0.25, -0.2) is 14.4 Å². The van der Waals surface area contributed by atoms with Crippen LogP contribution < -0.4 is 5.73 Å². The Morgan fingerprint density at radius 3 is 2.51 bits per heavy atom. The number of imidazole rings is 1. The van der Waals surface area contributed by atoms with Gasteiger partial charge in [0.15, 0.2) is 5.69 Å². The van der Waals surface area contributed by atoms with Gasteiger partial charge in [-0.15, -0.1) is 0 Å². The first-order valence-electron chi connectivity index (χ1n) is 11.2. The second-order valence-electron chi connectivity index (χ2n) is 8.92. The van der Waals surface area contributed by atoms with E-state index in [0.717, 1.165) is 33.8 Å². The fraction of sp³-hybridized carbons (Fsp3) is 0.280. The highest BCUT2D eigenvalue weighted by atomic mass is 19.4. The predicted molar refractivity (Wildman–Crippen MR) is 120 cm³/mol. The molecule has 2 aromatic carbocycles. The molecule has 2 aliphatic rings. The van der Waals surface area contributed by atoms with E-state index in [1.807, 2.05) is 24.3 Å². The quantitative estimate of drug-likeness (QED) is 0.339. The molecule has 0 aliphatic carbocycles. The number of rotatable bonds is 4. The number of hydrogen-bond donors (Lipinski definition) is 1. The number of aromatic nitrogens is 3. The number of benzene rings is 2. The summed E-state index contributed by atoms with van der Waals surface area (Å²) in [4.78, 5) is 10.6. The first-order valence-corrected chi connectivity index (χ1v) is 11.2. The molecule has 1 saturated heterocycles. The Labute approximate surface area is 198 Å². The lowest BCUT2D eigenvalue weighted by Gasteiger charge is -2.27. The zero-order chi connectivity index (χ0) is 24.3. The number of epoxide rings is 1. The maximum absolute atomic E-state index is 13.5. The Morgan fingerprint density at radius 1 is 1.03 bits per heavy atom. The van der Waals surface area contributed by atoms with Crippen molar-refractivity contribution in [2.24, 2.45) is 5.73 Å². The molecule has 0 radical (unpaired) electrons. The molecule has 1 fully saturated rings. The Hall–Kier alpha value is -3.34. The third kappa shape index (κ3) is 4.29. The number of fused-ring (bicyclic) bond motifs is 2. The van der Waals surface area contributed by atoms with Crippen LogP contribution in [0.2, 0.25) is 0 Å². The smallest absolute Gasteiger partial charge is 0.347 e. The van der Waals surface area contributed by atoms with Crippen LogP contribution in [-0.4, -0.2) is 32.2 Å². The van der Waals surface area contributed by atoms with Crippen LogP contribution in [0, 0.1) is 5.82 Å². The predicted octanol–water partition coefficient (Wildman–Crippen LogP) is 4.63. The summed E-state index contributed by atoms with van der Waals surface area (Å²) in [5.41, 5.74) is 9.21. The van der Waals surface area contributed by atoms with Crippen molar-refractivity contribution in [1.29, 1.82) is 0 Å². The molecule has 2 aliphatic heterocycles. The van der Waals surface area contributed by atoms with E-state index in [4.69, 9.17) is 15.5 Å². The molecule has 0 saturated carbocycles. The lowest BCUT2D eigenvalue weighted by Crippen LogP contribution is -2.33. The highest BCUT2D eigenvalue weighted by Gasteiger charge is 2.38. The molecule has 2 N–H and O–H groups in total. The van der Waals surface area contributed by atoms with Gasteiger partial charge in [-0.1, -0.05) is 24.3 Å². The summed E-state index contributed by atoms with van der Waals surface area (Å²) in [6.07, 6.45) is -4.06. The third-order valence-corrected chi connectivity index (χ3v) is 6.44. The second kappa shape index (κ2) is 8.11. The van der Waals surface area contributed by atoms with Gasteiger partial charge >= 0.3 is 6.18 Å². The van der Waals surface area contributed by atoms with Crippen LogP contribution >= 0.6 is 0 Å². The summed E-state index contributed by atoms with van der Waals surface area (Å²) < 4.78 is 59.6. The molecule has 180 valence electrons. The largest absolute Gasteiger partial charge is 0.434 e. The summed E-state index contributed by atoms with van der Waals surface area (Å²) in [6, 6.07) is 14.1. The normalized spacial score (nSPS) is 20.3. The van der Waals surface area contributed by atoms with Crippen LogP contribution in [0.3, 0.4) is 0 Å². The van der Waals surface area contributed by atoms with Crippen molar-refractivity contribution in [3.63, 3.8) is 0 Å². The van der Waals surface area contributed by atoms with E-state index in [1.165, 1.54) is 12.1 Å². The zero-order valence-electron chi connectivity index (χ0n) is 18.5. The molecule has 4 heterocycles. The summed E-state index contributed by atoms with van der Waals surface area (Å²) in [6.45, 7) is 1.92. The van der Waals surface area contributed by atoms with Gasteiger partial charge in [0.2, 0.25) is 0 Å². The first-order chi connectivity index (χ1) is 16.7. The van der Waals surface area contributed by atoms with Crippen molar-refractivity contribution in [3.8, 4) is 11.1 Å². The van der Waals surface area contributed by atoms with Crippen molar-refractivity contribution in [2.75, 3.05) is 6.54 Å². The van der Waals surface area contributed by atoms with E-state index in [1.54, 1.807) is 16.7 Å². The molecule has 6 nitrogen and oxygen atoms in total. The number of pyridine rings is 1. The molecule has 2 aromatic heterocycles. The van der Waals surface area contributed by atoms with Crippen molar-refractivity contribution < 1.29 is 22.3 Å². The van der Waals surface area contributed by atoms with E-state index in [9.17, 15) is 17.6 Å². The zero-order valence-corrected chi connectivity index (χ0v) is 18.5. The third-order valence-electron chi connectivity index (χ3n) is 6.44. The summed E-state index contributed by atoms with van der Waals surface area (Å²) in [5, 5.41) is 0.905. The minimum atomic E-state index is -4.45. The van der Waals surface area contributed by atoms with Crippen LogP contribution in [0.1, 0.15) is 28.9 Å². The molecule has 4 aromatic rings. The van der Waals surface area contributed by atoms with Gasteiger partial charge < -0.3 is 15.0 Å². The Kier molecular flexibility index (Phi) is 5.13. The molecule has 6 rings (SSSR count). The first kappa shape index (κ1) is 22.1. The van der Waals surface area contributed by atoms with Crippen molar-refractivity contribution >= 4 is 10.9 Å². The molecule has 0 bridgehead atoms. The number of alkyl halides is 3. The number of hydrogen-bond acceptors (Lipinski definition) is 5. The van der Waals surface area contributed by atoms with Crippen LogP contribution in [0.25, 0.3) is 22.0 Å². The molecular weight excluding hydrogens is 462 g/mol. The van der Waals surface area contributed by atoms with Gasteiger partial charge in [-0.3, -0.25) is 4.90 Å². The van der Waals surface area contributed by atoms with Gasteiger partial charge in [0.05, 0.1) is 17.8 Å². The monoisotopic (exact) mass is 483 g/mol. The van der Waals surface area contributed by atoms with Crippen LogP contribution in [0.5, 0.6) is 0 Å². The number of nitrogens with two attached hydrogens (primary N) is 1. The fourth-order valence-corrected chi connectivity index (χ4v) is 4.60. The van der Waals surface area contributed by atoms with Crippen molar-refractivity contribution in [2.45, 2.75) is 38.1 Å². The SMILES string of the molecule is NC1OC1c1cc(-c2ccc(F)cc2)c2ccc(CN3CCn4cc(C(F)(F)F)nc4C3)cc2n1. The lowest BCUT2D eigenvalue weighted by molar-refractivity contribution is -0.141. The molecule has 0 amide bonds. The minimum Gasteiger partial charge on any atom is -0.347 e. The Balaban J connectivity index is 1.31. The molecule has 2 atom stereocenters. The van der Waals surface area contributed by atoms with Crippen LogP contribution in [-0.2, 0) is 30.5 Å². The summed E-state index contributed by atoms with van der Waals surface area (Å²) in [5.74, 6) is 0.0925. The van der Waals surface area contributed by atoms with E-state index >= 15 is 0 Å². The maximum atomic E-state index is 13.5. The van der Waals surface area contributed by atoms with Gasteiger partial charge in [-0.05, 0) is 41.0 Å². The van der Waals surface area contributed by atoms with E-state index in [-0.39, 0.29) is 11.9 Å².